The van der Waals surface area contributed by atoms with Crippen LogP contribution >= 0.6 is 0 Å². The van der Waals surface area contributed by atoms with Gasteiger partial charge in [0.25, 0.3) is 0 Å². The minimum atomic E-state index is -0.450. The third-order valence-electron chi connectivity index (χ3n) is 3.32. The predicted molar refractivity (Wildman–Crippen MR) is 83.9 cm³/mol. The molecule has 0 fully saturated rings. The van der Waals surface area contributed by atoms with Gasteiger partial charge in [-0.05, 0) is 25.5 Å². The average Bonchev–Trinajstić information content (AvgIpc) is 2.85. The SMILES string of the molecule is CCCCOC(=O)n1c(CC(=O)OCC)cc2ccccc21. The van der Waals surface area contributed by atoms with E-state index in [1.54, 1.807) is 6.92 Å². The monoisotopic (exact) mass is 303 g/mol. The van der Waals surface area contributed by atoms with Gasteiger partial charge in [0.2, 0.25) is 0 Å². The predicted octanol–water partition coefficient (Wildman–Crippen LogP) is 3.53. The van der Waals surface area contributed by atoms with Gasteiger partial charge in [-0.15, -0.1) is 0 Å². The molecule has 0 radical (unpaired) electrons. The normalized spacial score (nSPS) is 10.6. The molecule has 0 amide bonds. The van der Waals surface area contributed by atoms with Gasteiger partial charge in [-0.1, -0.05) is 31.5 Å². The van der Waals surface area contributed by atoms with E-state index in [4.69, 9.17) is 9.47 Å². The van der Waals surface area contributed by atoms with E-state index < -0.39 is 6.09 Å². The smallest absolute Gasteiger partial charge is 0.418 e. The Morgan fingerprint density at radius 3 is 2.64 bits per heavy atom. The molecule has 2 aromatic rings. The number of carbonyl (C=O) groups excluding carboxylic acids is 2. The Kier molecular flexibility index (Phi) is 5.58. The summed E-state index contributed by atoms with van der Waals surface area (Å²) < 4.78 is 11.7. The highest BCUT2D eigenvalue weighted by Crippen LogP contribution is 2.21. The molecule has 1 aromatic heterocycles. The maximum Gasteiger partial charge on any atom is 0.418 e. The molecule has 0 bridgehead atoms. The van der Waals surface area contributed by atoms with Crippen LogP contribution in [-0.2, 0) is 20.7 Å². The van der Waals surface area contributed by atoms with Gasteiger partial charge in [-0.25, -0.2) is 9.36 Å². The summed E-state index contributed by atoms with van der Waals surface area (Å²) in [6.45, 7) is 4.48. The molecule has 0 aliphatic rings. The Balaban J connectivity index is 2.31. The Morgan fingerprint density at radius 1 is 1.14 bits per heavy atom. The van der Waals surface area contributed by atoms with E-state index in [0.717, 1.165) is 23.7 Å². The van der Waals surface area contributed by atoms with E-state index >= 15 is 0 Å². The van der Waals surface area contributed by atoms with Crippen molar-refractivity contribution in [2.75, 3.05) is 13.2 Å². The van der Waals surface area contributed by atoms with E-state index in [-0.39, 0.29) is 12.4 Å². The first kappa shape index (κ1) is 16.1. The number of hydrogen-bond donors (Lipinski definition) is 0. The molecular formula is C17H21NO4. The number of esters is 1. The molecule has 2 rings (SSSR count). The number of ether oxygens (including phenoxy) is 2. The fraction of sp³-hybridized carbons (Fsp3) is 0.412. The number of hydrogen-bond acceptors (Lipinski definition) is 4. The van der Waals surface area contributed by atoms with Gasteiger partial charge in [0.1, 0.15) is 0 Å². The highest BCUT2D eigenvalue weighted by molar-refractivity contribution is 5.92. The lowest BCUT2D eigenvalue weighted by atomic mass is 10.2. The summed E-state index contributed by atoms with van der Waals surface area (Å²) in [7, 11) is 0. The van der Waals surface area contributed by atoms with Crippen molar-refractivity contribution >= 4 is 23.0 Å². The van der Waals surface area contributed by atoms with E-state index in [1.807, 2.05) is 37.3 Å². The zero-order valence-corrected chi connectivity index (χ0v) is 13.0. The van der Waals surface area contributed by atoms with Gasteiger partial charge in [0.15, 0.2) is 0 Å². The molecule has 0 unspecified atom stereocenters. The summed E-state index contributed by atoms with van der Waals surface area (Å²) in [5.74, 6) is -0.354. The maximum absolute atomic E-state index is 12.3. The quantitative estimate of drug-likeness (QED) is 0.605. The Bertz CT molecular complexity index is 660. The lowest BCUT2D eigenvalue weighted by Gasteiger charge is -2.10. The van der Waals surface area contributed by atoms with Crippen molar-refractivity contribution in [1.29, 1.82) is 0 Å². The fourth-order valence-electron chi connectivity index (χ4n) is 2.29. The number of para-hydroxylation sites is 1. The number of aromatic nitrogens is 1. The molecule has 0 aliphatic carbocycles. The molecule has 0 atom stereocenters. The van der Waals surface area contributed by atoms with Gasteiger partial charge in [-0.3, -0.25) is 4.79 Å². The second-order valence-corrected chi connectivity index (χ2v) is 4.98. The van der Waals surface area contributed by atoms with Crippen LogP contribution in [0.15, 0.2) is 30.3 Å². The molecule has 0 saturated carbocycles. The first-order valence-corrected chi connectivity index (χ1v) is 7.59. The molecule has 118 valence electrons. The summed E-state index contributed by atoms with van der Waals surface area (Å²) in [5.41, 5.74) is 1.32. The van der Waals surface area contributed by atoms with Gasteiger partial charge >= 0.3 is 12.1 Å². The van der Waals surface area contributed by atoms with Crippen LogP contribution in [0.25, 0.3) is 10.9 Å². The van der Waals surface area contributed by atoms with Crippen LogP contribution in [-0.4, -0.2) is 29.8 Å². The van der Waals surface area contributed by atoms with Crippen LogP contribution in [0.2, 0.25) is 0 Å². The van der Waals surface area contributed by atoms with Crippen LogP contribution in [0.5, 0.6) is 0 Å². The Labute approximate surface area is 129 Å². The van der Waals surface area contributed by atoms with Gasteiger partial charge in [0, 0.05) is 11.1 Å². The van der Waals surface area contributed by atoms with Crippen molar-refractivity contribution < 1.29 is 19.1 Å². The van der Waals surface area contributed by atoms with E-state index in [0.29, 0.717) is 18.9 Å². The summed E-state index contributed by atoms with van der Waals surface area (Å²) >= 11 is 0. The lowest BCUT2D eigenvalue weighted by molar-refractivity contribution is -0.142. The van der Waals surface area contributed by atoms with Crippen molar-refractivity contribution in [1.82, 2.24) is 4.57 Å². The molecular weight excluding hydrogens is 282 g/mol. The largest absolute Gasteiger partial charge is 0.466 e. The first-order valence-electron chi connectivity index (χ1n) is 7.59. The van der Waals surface area contributed by atoms with Crippen LogP contribution in [0.4, 0.5) is 4.79 Å². The highest BCUT2D eigenvalue weighted by Gasteiger charge is 2.18. The fourth-order valence-corrected chi connectivity index (χ4v) is 2.29. The van der Waals surface area contributed by atoms with Crippen molar-refractivity contribution in [2.24, 2.45) is 0 Å². The van der Waals surface area contributed by atoms with Crippen molar-refractivity contribution in [3.05, 3.63) is 36.0 Å². The zero-order valence-electron chi connectivity index (χ0n) is 13.0. The van der Waals surface area contributed by atoms with Crippen LogP contribution in [0, 0.1) is 0 Å². The number of rotatable bonds is 6. The van der Waals surface area contributed by atoms with E-state index in [1.165, 1.54) is 4.57 Å². The van der Waals surface area contributed by atoms with Crippen molar-refractivity contribution in [3.8, 4) is 0 Å². The summed E-state index contributed by atoms with van der Waals surface area (Å²) in [5, 5.41) is 0.897. The molecule has 1 aromatic carbocycles. The lowest BCUT2D eigenvalue weighted by Crippen LogP contribution is -2.19. The Morgan fingerprint density at radius 2 is 1.91 bits per heavy atom. The minimum absolute atomic E-state index is 0.0470. The number of fused-ring (bicyclic) bond motifs is 1. The topological polar surface area (TPSA) is 57.5 Å². The first-order chi connectivity index (χ1) is 10.7. The second-order valence-electron chi connectivity index (χ2n) is 4.98. The molecule has 5 nitrogen and oxygen atoms in total. The zero-order chi connectivity index (χ0) is 15.9. The van der Waals surface area contributed by atoms with Crippen LogP contribution in [0.3, 0.4) is 0 Å². The molecule has 0 N–H and O–H groups in total. The van der Waals surface area contributed by atoms with Gasteiger partial charge in [-0.2, -0.15) is 0 Å². The van der Waals surface area contributed by atoms with Gasteiger partial charge < -0.3 is 9.47 Å². The summed E-state index contributed by atoms with van der Waals surface area (Å²) in [6, 6.07) is 9.31. The third-order valence-corrected chi connectivity index (χ3v) is 3.32. The number of nitrogens with zero attached hydrogens (tertiary/aromatic N) is 1. The third kappa shape index (κ3) is 3.67. The molecule has 0 spiro atoms. The van der Waals surface area contributed by atoms with Crippen molar-refractivity contribution in [2.45, 2.75) is 33.1 Å². The minimum Gasteiger partial charge on any atom is -0.466 e. The Hall–Kier alpha value is -2.30. The van der Waals surface area contributed by atoms with Gasteiger partial charge in [0.05, 0.1) is 25.2 Å². The maximum atomic E-state index is 12.3. The number of unbranched alkanes of at least 4 members (excludes halogenated alkanes) is 1. The molecule has 1 heterocycles. The van der Waals surface area contributed by atoms with E-state index in [9.17, 15) is 9.59 Å². The second kappa shape index (κ2) is 7.64. The number of benzene rings is 1. The number of carbonyl (C=O) groups is 2. The average molecular weight is 303 g/mol. The molecule has 22 heavy (non-hydrogen) atoms. The van der Waals surface area contributed by atoms with Crippen molar-refractivity contribution in [3.63, 3.8) is 0 Å². The summed E-state index contributed by atoms with van der Waals surface area (Å²) in [6.07, 6.45) is 1.37. The summed E-state index contributed by atoms with van der Waals surface area (Å²) in [4.78, 5) is 24.1. The van der Waals surface area contributed by atoms with Crippen LogP contribution in [0.1, 0.15) is 32.4 Å². The standard InChI is InChI=1S/C17H21NO4/c1-3-5-10-22-17(20)18-14(12-16(19)21-4-2)11-13-8-6-7-9-15(13)18/h6-9,11H,3-5,10,12H2,1-2H3. The highest BCUT2D eigenvalue weighted by atomic mass is 16.5. The molecule has 5 heteroatoms. The molecule has 0 saturated heterocycles. The molecule has 0 aliphatic heterocycles. The van der Waals surface area contributed by atoms with E-state index in [2.05, 4.69) is 0 Å². The van der Waals surface area contributed by atoms with Crippen LogP contribution < -0.4 is 0 Å².